The van der Waals surface area contributed by atoms with E-state index in [0.717, 1.165) is 35.2 Å². The molecule has 1 saturated heterocycles. The van der Waals surface area contributed by atoms with Crippen molar-refractivity contribution in [2.45, 2.75) is 6.42 Å². The maximum atomic E-state index is 11.5. The van der Waals surface area contributed by atoms with E-state index < -0.39 is 9.84 Å². The van der Waals surface area contributed by atoms with Crippen LogP contribution in [0.5, 0.6) is 0 Å². The summed E-state index contributed by atoms with van der Waals surface area (Å²) in [5.74, 6) is 0.503. The largest absolute Gasteiger partial charge is 0.301 e. The van der Waals surface area contributed by atoms with Crippen molar-refractivity contribution in [3.63, 3.8) is 0 Å². The third-order valence-electron chi connectivity index (χ3n) is 4.52. The molecule has 0 unspecified atom stereocenters. The van der Waals surface area contributed by atoms with Gasteiger partial charge in [-0.1, -0.05) is 23.4 Å². The zero-order valence-electron chi connectivity index (χ0n) is 13.7. The number of benzene rings is 1. The standard InChI is InChI=1S/C17H19N5O2S/c23-25(24)11-9-21(10-12-25)8-6-15-13-22(20-19-15)16-5-1-3-14-4-2-7-18-17(14)16/h1-5,7,13H,6,8-12H2. The molecular formula is C17H19N5O2S. The number of rotatable bonds is 4. The Labute approximate surface area is 146 Å². The molecule has 7 nitrogen and oxygen atoms in total. The first kappa shape index (κ1) is 16.2. The van der Waals surface area contributed by atoms with Crippen LogP contribution >= 0.6 is 0 Å². The van der Waals surface area contributed by atoms with Gasteiger partial charge < -0.3 is 4.90 Å². The minimum atomic E-state index is -2.83. The van der Waals surface area contributed by atoms with Crippen LogP contribution in [-0.4, -0.2) is 64.4 Å². The highest BCUT2D eigenvalue weighted by molar-refractivity contribution is 7.91. The Balaban J connectivity index is 1.47. The van der Waals surface area contributed by atoms with Gasteiger partial charge in [0.25, 0.3) is 0 Å². The average molecular weight is 357 g/mol. The molecule has 1 aliphatic heterocycles. The monoisotopic (exact) mass is 357 g/mol. The van der Waals surface area contributed by atoms with Gasteiger partial charge >= 0.3 is 0 Å². The minimum absolute atomic E-state index is 0.251. The number of fused-ring (bicyclic) bond motifs is 1. The van der Waals surface area contributed by atoms with E-state index in [9.17, 15) is 8.42 Å². The quantitative estimate of drug-likeness (QED) is 0.695. The van der Waals surface area contributed by atoms with Crippen molar-refractivity contribution in [2.24, 2.45) is 0 Å². The average Bonchev–Trinajstić information content (AvgIpc) is 3.09. The number of sulfone groups is 1. The van der Waals surface area contributed by atoms with Gasteiger partial charge in [-0.2, -0.15) is 0 Å². The van der Waals surface area contributed by atoms with E-state index in [0.29, 0.717) is 13.1 Å². The predicted molar refractivity (Wildman–Crippen MR) is 95.5 cm³/mol. The van der Waals surface area contributed by atoms with Gasteiger partial charge in [0.2, 0.25) is 0 Å². The third-order valence-corrected chi connectivity index (χ3v) is 6.13. The van der Waals surface area contributed by atoms with Crippen molar-refractivity contribution in [3.8, 4) is 5.69 Å². The van der Waals surface area contributed by atoms with Crippen LogP contribution in [-0.2, 0) is 16.3 Å². The molecule has 3 aromatic rings. The van der Waals surface area contributed by atoms with Gasteiger partial charge in [-0.15, -0.1) is 5.10 Å². The Morgan fingerprint density at radius 1 is 1.08 bits per heavy atom. The molecule has 0 radical (unpaired) electrons. The first-order chi connectivity index (χ1) is 12.1. The summed E-state index contributed by atoms with van der Waals surface area (Å²) in [6.45, 7) is 2.00. The van der Waals surface area contributed by atoms with Gasteiger partial charge in [-0.3, -0.25) is 4.98 Å². The first-order valence-corrected chi connectivity index (χ1v) is 10.1. The fourth-order valence-corrected chi connectivity index (χ4v) is 4.33. The summed E-state index contributed by atoms with van der Waals surface area (Å²) in [5, 5.41) is 9.55. The predicted octanol–water partition coefficient (Wildman–Crippen LogP) is 1.09. The smallest absolute Gasteiger partial charge is 0.152 e. The Morgan fingerprint density at radius 2 is 1.88 bits per heavy atom. The fourth-order valence-electron chi connectivity index (χ4n) is 3.05. The Bertz CT molecular complexity index is 980. The van der Waals surface area contributed by atoms with Gasteiger partial charge in [0.1, 0.15) is 0 Å². The topological polar surface area (TPSA) is 81.0 Å². The Kier molecular flexibility index (Phi) is 4.22. The lowest BCUT2D eigenvalue weighted by atomic mass is 10.2. The molecule has 1 fully saturated rings. The molecule has 0 N–H and O–H groups in total. The summed E-state index contributed by atoms with van der Waals surface area (Å²) < 4.78 is 24.7. The van der Waals surface area contributed by atoms with Crippen molar-refractivity contribution in [2.75, 3.05) is 31.1 Å². The van der Waals surface area contributed by atoms with E-state index in [4.69, 9.17) is 0 Å². The molecule has 4 rings (SSSR count). The number of para-hydroxylation sites is 1. The van der Waals surface area contributed by atoms with Crippen molar-refractivity contribution >= 4 is 20.7 Å². The van der Waals surface area contributed by atoms with Crippen molar-refractivity contribution in [3.05, 3.63) is 48.4 Å². The highest BCUT2D eigenvalue weighted by Crippen LogP contribution is 2.19. The molecule has 2 aromatic heterocycles. The second kappa shape index (κ2) is 6.53. The second-order valence-electron chi connectivity index (χ2n) is 6.25. The van der Waals surface area contributed by atoms with Gasteiger partial charge in [0, 0.05) is 37.6 Å². The summed E-state index contributed by atoms with van der Waals surface area (Å²) in [7, 11) is -2.83. The molecule has 1 aromatic carbocycles. The van der Waals surface area contributed by atoms with Crippen LogP contribution in [0.2, 0.25) is 0 Å². The van der Waals surface area contributed by atoms with Crippen LogP contribution in [0.3, 0.4) is 0 Å². The number of nitrogens with zero attached hydrogens (tertiary/aromatic N) is 5. The fraction of sp³-hybridized carbons (Fsp3) is 0.353. The Hall–Kier alpha value is -2.32. The summed E-state index contributed by atoms with van der Waals surface area (Å²) in [6, 6.07) is 9.91. The number of hydrogen-bond acceptors (Lipinski definition) is 6. The van der Waals surface area contributed by atoms with Gasteiger partial charge in [-0.05, 0) is 12.1 Å². The minimum Gasteiger partial charge on any atom is -0.301 e. The van der Waals surface area contributed by atoms with Crippen LogP contribution in [0.15, 0.2) is 42.7 Å². The zero-order chi connectivity index (χ0) is 17.3. The molecule has 0 atom stereocenters. The number of hydrogen-bond donors (Lipinski definition) is 0. The third kappa shape index (κ3) is 3.54. The van der Waals surface area contributed by atoms with Crippen molar-refractivity contribution < 1.29 is 8.42 Å². The molecule has 0 amide bonds. The zero-order valence-corrected chi connectivity index (χ0v) is 14.6. The first-order valence-electron chi connectivity index (χ1n) is 8.29. The molecule has 1 aliphatic rings. The molecule has 0 spiro atoms. The molecule has 8 heteroatoms. The summed E-state index contributed by atoms with van der Waals surface area (Å²) in [5.41, 5.74) is 2.69. The maximum Gasteiger partial charge on any atom is 0.152 e. The van der Waals surface area contributed by atoms with Crippen LogP contribution in [0.4, 0.5) is 0 Å². The second-order valence-corrected chi connectivity index (χ2v) is 8.55. The molecule has 0 aliphatic carbocycles. The lowest BCUT2D eigenvalue weighted by molar-refractivity contribution is 0.298. The van der Waals surface area contributed by atoms with Crippen LogP contribution in [0.1, 0.15) is 5.69 Å². The molecule has 3 heterocycles. The molecule has 130 valence electrons. The summed E-state index contributed by atoms with van der Waals surface area (Å²) >= 11 is 0. The molecule has 0 bridgehead atoms. The van der Waals surface area contributed by atoms with Gasteiger partial charge in [0.05, 0.1) is 34.6 Å². The van der Waals surface area contributed by atoms with E-state index in [1.807, 2.05) is 36.5 Å². The van der Waals surface area contributed by atoms with E-state index in [1.54, 1.807) is 10.9 Å². The van der Waals surface area contributed by atoms with Crippen molar-refractivity contribution in [1.82, 2.24) is 24.9 Å². The van der Waals surface area contributed by atoms with E-state index in [2.05, 4.69) is 20.2 Å². The Morgan fingerprint density at radius 3 is 2.72 bits per heavy atom. The van der Waals surface area contributed by atoms with E-state index >= 15 is 0 Å². The summed E-state index contributed by atoms with van der Waals surface area (Å²) in [4.78, 5) is 6.61. The lowest BCUT2D eigenvalue weighted by Crippen LogP contribution is -2.41. The van der Waals surface area contributed by atoms with E-state index in [-0.39, 0.29) is 11.5 Å². The van der Waals surface area contributed by atoms with Crippen LogP contribution in [0.25, 0.3) is 16.6 Å². The summed E-state index contributed by atoms with van der Waals surface area (Å²) in [6.07, 6.45) is 4.44. The van der Waals surface area contributed by atoms with Crippen LogP contribution in [0, 0.1) is 0 Å². The number of aromatic nitrogens is 4. The highest BCUT2D eigenvalue weighted by Gasteiger charge is 2.21. The maximum absolute atomic E-state index is 11.5. The van der Waals surface area contributed by atoms with Crippen molar-refractivity contribution in [1.29, 1.82) is 0 Å². The van der Waals surface area contributed by atoms with E-state index in [1.165, 1.54) is 0 Å². The molecule has 0 saturated carbocycles. The SMILES string of the molecule is O=S1(=O)CCN(CCc2cn(-c3cccc4cccnc34)nn2)CC1. The normalized spacial score (nSPS) is 17.8. The van der Waals surface area contributed by atoms with Gasteiger partial charge in [0.15, 0.2) is 9.84 Å². The van der Waals surface area contributed by atoms with Gasteiger partial charge in [-0.25, -0.2) is 13.1 Å². The van der Waals surface area contributed by atoms with Crippen LogP contribution < -0.4 is 0 Å². The number of pyridine rings is 1. The molecular weight excluding hydrogens is 338 g/mol. The molecule has 25 heavy (non-hydrogen) atoms. The lowest BCUT2D eigenvalue weighted by Gasteiger charge is -2.25. The highest BCUT2D eigenvalue weighted by atomic mass is 32.2.